The highest BCUT2D eigenvalue weighted by molar-refractivity contribution is 5.39. The minimum Gasteiger partial charge on any atom is -0.382 e. The summed E-state index contributed by atoms with van der Waals surface area (Å²) < 4.78 is 33.2. The maximum Gasteiger partial charge on any atom is 0.123 e. The Labute approximate surface area is 195 Å². The van der Waals surface area contributed by atoms with Crippen LogP contribution >= 0.6 is 0 Å². The van der Waals surface area contributed by atoms with Crippen molar-refractivity contribution in [2.24, 2.45) is 0 Å². The molecule has 3 aromatic carbocycles. The summed E-state index contributed by atoms with van der Waals surface area (Å²) in [4.78, 5) is 4.91. The van der Waals surface area contributed by atoms with E-state index in [-0.39, 0.29) is 11.6 Å². The van der Waals surface area contributed by atoms with Crippen LogP contribution in [-0.4, -0.2) is 56.2 Å². The molecule has 174 valence electrons. The normalized spacial score (nSPS) is 15.6. The zero-order chi connectivity index (χ0) is 23.1. The number of aryl methyl sites for hydroxylation is 1. The molecule has 1 aliphatic rings. The van der Waals surface area contributed by atoms with Crippen molar-refractivity contribution in [1.29, 1.82) is 0 Å². The second-order valence-electron chi connectivity index (χ2n) is 8.72. The van der Waals surface area contributed by atoms with Crippen molar-refractivity contribution in [2.45, 2.75) is 18.4 Å². The first-order valence-electron chi connectivity index (χ1n) is 11.6. The average molecular weight is 451 g/mol. The van der Waals surface area contributed by atoms with Crippen LogP contribution in [-0.2, 0) is 16.7 Å². The van der Waals surface area contributed by atoms with Crippen LogP contribution in [0.5, 0.6) is 0 Å². The molecule has 0 aromatic heterocycles. The third kappa shape index (κ3) is 5.49. The molecule has 0 saturated carbocycles. The maximum absolute atomic E-state index is 13.7. The van der Waals surface area contributed by atoms with E-state index in [4.69, 9.17) is 4.74 Å². The van der Waals surface area contributed by atoms with Crippen molar-refractivity contribution >= 4 is 0 Å². The van der Waals surface area contributed by atoms with E-state index in [2.05, 4.69) is 40.1 Å². The summed E-state index contributed by atoms with van der Waals surface area (Å²) in [7, 11) is 1.68. The van der Waals surface area contributed by atoms with Crippen molar-refractivity contribution < 1.29 is 13.5 Å². The van der Waals surface area contributed by atoms with Gasteiger partial charge in [0.2, 0.25) is 0 Å². The number of ether oxygens (including phenoxy) is 1. The molecule has 3 nitrogen and oxygen atoms in total. The van der Waals surface area contributed by atoms with E-state index in [0.717, 1.165) is 56.7 Å². The van der Waals surface area contributed by atoms with E-state index in [1.54, 1.807) is 7.11 Å². The van der Waals surface area contributed by atoms with Gasteiger partial charge >= 0.3 is 0 Å². The first-order chi connectivity index (χ1) is 16.1. The van der Waals surface area contributed by atoms with Crippen molar-refractivity contribution in [3.8, 4) is 0 Å². The van der Waals surface area contributed by atoms with Gasteiger partial charge in [-0.25, -0.2) is 8.78 Å². The van der Waals surface area contributed by atoms with Gasteiger partial charge in [0.1, 0.15) is 11.6 Å². The van der Waals surface area contributed by atoms with Gasteiger partial charge in [-0.05, 0) is 60.3 Å². The largest absolute Gasteiger partial charge is 0.382 e. The topological polar surface area (TPSA) is 15.7 Å². The van der Waals surface area contributed by atoms with E-state index in [0.29, 0.717) is 6.61 Å². The zero-order valence-electron chi connectivity index (χ0n) is 19.2. The molecule has 0 spiro atoms. The summed E-state index contributed by atoms with van der Waals surface area (Å²) in [5.74, 6) is -0.542. The monoisotopic (exact) mass is 450 g/mol. The van der Waals surface area contributed by atoms with Crippen molar-refractivity contribution in [3.63, 3.8) is 0 Å². The number of benzene rings is 3. The molecule has 1 aliphatic heterocycles. The molecule has 0 N–H and O–H groups in total. The Balaban J connectivity index is 1.51. The molecule has 33 heavy (non-hydrogen) atoms. The molecule has 1 fully saturated rings. The van der Waals surface area contributed by atoms with Crippen molar-refractivity contribution in [3.05, 3.63) is 107 Å². The van der Waals surface area contributed by atoms with Crippen LogP contribution in [0.1, 0.15) is 23.1 Å². The van der Waals surface area contributed by atoms with Crippen LogP contribution in [0, 0.1) is 11.6 Å². The predicted molar refractivity (Wildman–Crippen MR) is 128 cm³/mol. The first kappa shape index (κ1) is 23.6. The van der Waals surface area contributed by atoms with Gasteiger partial charge in [-0.15, -0.1) is 0 Å². The minimum atomic E-state index is -0.605. The van der Waals surface area contributed by atoms with Gasteiger partial charge in [0.15, 0.2) is 0 Å². The molecule has 0 amide bonds. The lowest BCUT2D eigenvalue weighted by molar-refractivity contribution is 0.00134. The summed E-state index contributed by atoms with van der Waals surface area (Å²) in [5, 5.41) is 0. The quantitative estimate of drug-likeness (QED) is 0.451. The molecule has 1 saturated heterocycles. The van der Waals surface area contributed by atoms with Crippen LogP contribution < -0.4 is 0 Å². The Morgan fingerprint density at radius 1 is 0.758 bits per heavy atom. The smallest absolute Gasteiger partial charge is 0.123 e. The summed E-state index contributed by atoms with van der Waals surface area (Å²) >= 11 is 0. The van der Waals surface area contributed by atoms with E-state index in [1.165, 1.54) is 29.8 Å². The van der Waals surface area contributed by atoms with Crippen LogP contribution in [0.3, 0.4) is 0 Å². The Bertz CT molecular complexity index is 939. The molecule has 0 unspecified atom stereocenters. The lowest BCUT2D eigenvalue weighted by atomic mass is 9.81. The fraction of sp³-hybridized carbons (Fsp3) is 0.357. The van der Waals surface area contributed by atoms with Gasteiger partial charge in [0, 0.05) is 33.3 Å². The van der Waals surface area contributed by atoms with E-state index >= 15 is 0 Å². The van der Waals surface area contributed by atoms with E-state index < -0.39 is 5.54 Å². The van der Waals surface area contributed by atoms with Crippen molar-refractivity contribution in [1.82, 2.24) is 9.80 Å². The number of rotatable bonds is 9. The lowest BCUT2D eigenvalue weighted by Gasteiger charge is -2.48. The predicted octanol–water partition coefficient (Wildman–Crippen LogP) is 5.11. The molecular weight excluding hydrogens is 418 g/mol. The lowest BCUT2D eigenvalue weighted by Crippen LogP contribution is -2.58. The number of piperazine rings is 1. The molecular formula is C28H32F2N2O. The Morgan fingerprint density at radius 2 is 1.30 bits per heavy atom. The molecule has 0 bridgehead atoms. The van der Waals surface area contributed by atoms with Gasteiger partial charge in [-0.1, -0.05) is 54.6 Å². The minimum absolute atomic E-state index is 0.271. The second-order valence-corrected chi connectivity index (χ2v) is 8.72. The van der Waals surface area contributed by atoms with Gasteiger partial charge in [0.05, 0.1) is 12.1 Å². The highest BCUT2D eigenvalue weighted by Gasteiger charge is 2.41. The van der Waals surface area contributed by atoms with Crippen molar-refractivity contribution in [2.75, 3.05) is 46.4 Å². The Kier molecular flexibility index (Phi) is 7.86. The fourth-order valence-electron chi connectivity index (χ4n) is 4.95. The number of hydrogen-bond donors (Lipinski definition) is 0. The summed E-state index contributed by atoms with van der Waals surface area (Å²) in [6, 6.07) is 23.9. The summed E-state index contributed by atoms with van der Waals surface area (Å²) in [6.07, 6.45) is 2.21. The van der Waals surface area contributed by atoms with Gasteiger partial charge in [0.25, 0.3) is 0 Å². The van der Waals surface area contributed by atoms with Crippen LogP contribution in [0.15, 0.2) is 78.9 Å². The van der Waals surface area contributed by atoms with Crippen LogP contribution in [0.25, 0.3) is 0 Å². The number of hydrogen-bond acceptors (Lipinski definition) is 3. The third-order valence-electron chi connectivity index (χ3n) is 6.69. The number of nitrogens with zero attached hydrogens (tertiary/aromatic N) is 2. The molecule has 4 rings (SSSR count). The van der Waals surface area contributed by atoms with Gasteiger partial charge in [-0.2, -0.15) is 0 Å². The molecule has 0 atom stereocenters. The van der Waals surface area contributed by atoms with Gasteiger partial charge < -0.3 is 9.64 Å². The number of methoxy groups -OCH3 is 1. The molecule has 5 heteroatoms. The summed E-state index contributed by atoms with van der Waals surface area (Å²) in [6.45, 7) is 5.06. The van der Waals surface area contributed by atoms with E-state index in [9.17, 15) is 8.78 Å². The summed E-state index contributed by atoms with van der Waals surface area (Å²) in [5.41, 5.74) is 2.68. The Hall–Kier alpha value is -2.60. The van der Waals surface area contributed by atoms with Gasteiger partial charge in [-0.3, -0.25) is 4.90 Å². The standard InChI is InChI=1S/C28H32F2N2O/c1-33-22-28(24-9-13-26(29)14-10-24,25-11-15-27(30)16-12-25)32-20-18-31(19-21-32)17-5-8-23-6-3-2-4-7-23/h2-4,6-7,9-16H,5,8,17-22H2,1H3. The highest BCUT2D eigenvalue weighted by Crippen LogP contribution is 2.37. The average Bonchev–Trinajstić information content (AvgIpc) is 2.85. The molecule has 0 radical (unpaired) electrons. The maximum atomic E-state index is 13.7. The zero-order valence-corrected chi connectivity index (χ0v) is 19.2. The van der Waals surface area contributed by atoms with Crippen LogP contribution in [0.2, 0.25) is 0 Å². The molecule has 0 aliphatic carbocycles. The van der Waals surface area contributed by atoms with Crippen LogP contribution in [0.4, 0.5) is 8.78 Å². The highest BCUT2D eigenvalue weighted by atomic mass is 19.1. The second kappa shape index (κ2) is 11.0. The fourth-order valence-corrected chi connectivity index (χ4v) is 4.95. The molecule has 1 heterocycles. The van der Waals surface area contributed by atoms with E-state index in [1.807, 2.05) is 24.3 Å². The number of halogens is 2. The third-order valence-corrected chi connectivity index (χ3v) is 6.69. The SMILES string of the molecule is COCC(c1ccc(F)cc1)(c1ccc(F)cc1)N1CCN(CCCc2ccccc2)CC1. The molecule has 3 aromatic rings. The first-order valence-corrected chi connectivity index (χ1v) is 11.6. The Morgan fingerprint density at radius 3 is 1.82 bits per heavy atom.